The minimum atomic E-state index is 0.00569. The largest absolute Gasteiger partial charge is 0.395 e. The summed E-state index contributed by atoms with van der Waals surface area (Å²) in [5.41, 5.74) is 5.32. The van der Waals surface area contributed by atoms with Gasteiger partial charge in [0.05, 0.1) is 18.0 Å². The van der Waals surface area contributed by atoms with Gasteiger partial charge in [0.15, 0.2) is 0 Å². The van der Waals surface area contributed by atoms with Crippen molar-refractivity contribution < 1.29 is 9.90 Å². The summed E-state index contributed by atoms with van der Waals surface area (Å²) in [6, 6.07) is 0. The van der Waals surface area contributed by atoms with Crippen LogP contribution < -0.4 is 5.73 Å². The van der Waals surface area contributed by atoms with Gasteiger partial charge in [0.1, 0.15) is 0 Å². The summed E-state index contributed by atoms with van der Waals surface area (Å²) in [4.78, 5) is 15.7. The van der Waals surface area contributed by atoms with Gasteiger partial charge in [-0.15, -0.1) is 0 Å². The second-order valence-corrected chi connectivity index (χ2v) is 4.11. The molecule has 0 aliphatic carbocycles. The van der Waals surface area contributed by atoms with Crippen molar-refractivity contribution in [2.45, 2.75) is 6.42 Å². The first kappa shape index (κ1) is 12.4. The number of thiocarbonyl (C=S) groups is 1. The van der Waals surface area contributed by atoms with Gasteiger partial charge in [-0.05, 0) is 0 Å². The number of piperazine rings is 1. The third-order valence-electron chi connectivity index (χ3n) is 2.47. The van der Waals surface area contributed by atoms with Crippen LogP contribution in [0.3, 0.4) is 0 Å². The van der Waals surface area contributed by atoms with Crippen molar-refractivity contribution in [1.82, 2.24) is 9.80 Å². The minimum Gasteiger partial charge on any atom is -0.395 e. The van der Waals surface area contributed by atoms with E-state index in [9.17, 15) is 4.79 Å². The maximum absolute atomic E-state index is 11.6. The molecule has 1 fully saturated rings. The fourth-order valence-corrected chi connectivity index (χ4v) is 1.75. The highest BCUT2D eigenvalue weighted by Gasteiger charge is 2.20. The Bertz CT molecular complexity index is 240. The van der Waals surface area contributed by atoms with Crippen LogP contribution in [0.4, 0.5) is 0 Å². The molecule has 5 nitrogen and oxygen atoms in total. The Morgan fingerprint density at radius 3 is 2.40 bits per heavy atom. The smallest absolute Gasteiger partial charge is 0.229 e. The van der Waals surface area contributed by atoms with Crippen LogP contribution in [0.2, 0.25) is 0 Å². The topological polar surface area (TPSA) is 69.8 Å². The van der Waals surface area contributed by atoms with E-state index in [-0.39, 0.29) is 23.9 Å². The number of nitrogens with two attached hydrogens (primary N) is 1. The Morgan fingerprint density at radius 1 is 1.33 bits per heavy atom. The number of nitrogens with zero attached hydrogens (tertiary/aromatic N) is 2. The first-order valence-corrected chi connectivity index (χ1v) is 5.43. The molecule has 86 valence electrons. The zero-order chi connectivity index (χ0) is 11.3. The second kappa shape index (κ2) is 5.99. The van der Waals surface area contributed by atoms with Crippen molar-refractivity contribution in [3.8, 4) is 0 Å². The van der Waals surface area contributed by atoms with Crippen LogP contribution in [0.5, 0.6) is 0 Å². The predicted molar refractivity (Wildman–Crippen MR) is 61.5 cm³/mol. The van der Waals surface area contributed by atoms with Gasteiger partial charge >= 0.3 is 0 Å². The monoisotopic (exact) mass is 231 g/mol. The first-order chi connectivity index (χ1) is 7.13. The summed E-state index contributed by atoms with van der Waals surface area (Å²) in [5, 5.41) is 8.76. The molecule has 0 aromatic carbocycles. The number of carbonyl (C=O) groups excluding carboxylic acids is 1. The van der Waals surface area contributed by atoms with E-state index in [0.717, 1.165) is 13.1 Å². The molecule has 6 heteroatoms. The van der Waals surface area contributed by atoms with Gasteiger partial charge < -0.3 is 15.7 Å². The molecule has 1 saturated heterocycles. The molecule has 0 radical (unpaired) electrons. The molecule has 0 aromatic heterocycles. The summed E-state index contributed by atoms with van der Waals surface area (Å²) in [6.07, 6.45) is 0.162. The summed E-state index contributed by atoms with van der Waals surface area (Å²) in [7, 11) is 0. The van der Waals surface area contributed by atoms with Crippen molar-refractivity contribution in [3.05, 3.63) is 0 Å². The van der Waals surface area contributed by atoms with Gasteiger partial charge in [-0.3, -0.25) is 9.69 Å². The van der Waals surface area contributed by atoms with Gasteiger partial charge in [-0.2, -0.15) is 0 Å². The van der Waals surface area contributed by atoms with Crippen LogP contribution in [0.1, 0.15) is 6.42 Å². The molecule has 0 saturated carbocycles. The number of hydrogen-bond acceptors (Lipinski definition) is 4. The summed E-state index contributed by atoms with van der Waals surface area (Å²) >= 11 is 4.69. The van der Waals surface area contributed by atoms with E-state index in [1.165, 1.54) is 0 Å². The number of carbonyl (C=O) groups is 1. The fraction of sp³-hybridized carbons (Fsp3) is 0.778. The standard InChI is InChI=1S/C9H17N3O2S/c10-8(15)7-9(14)12-3-1-11(2-4-12)5-6-13/h13H,1-7H2,(H2,10,15). The lowest BCUT2D eigenvalue weighted by atomic mass is 10.3. The molecule has 1 aliphatic rings. The zero-order valence-electron chi connectivity index (χ0n) is 8.69. The SMILES string of the molecule is NC(=S)CC(=O)N1CCN(CCO)CC1. The third-order valence-corrected chi connectivity index (χ3v) is 2.61. The molecular formula is C9H17N3O2S. The Kier molecular flexibility index (Phi) is 4.93. The maximum Gasteiger partial charge on any atom is 0.229 e. The average molecular weight is 231 g/mol. The lowest BCUT2D eigenvalue weighted by Crippen LogP contribution is -2.49. The van der Waals surface area contributed by atoms with Crippen molar-refractivity contribution in [2.75, 3.05) is 39.3 Å². The van der Waals surface area contributed by atoms with E-state index in [1.54, 1.807) is 4.90 Å². The number of rotatable bonds is 4. The molecule has 1 heterocycles. The van der Waals surface area contributed by atoms with Crippen molar-refractivity contribution in [3.63, 3.8) is 0 Å². The van der Waals surface area contributed by atoms with Crippen molar-refractivity contribution >= 4 is 23.1 Å². The predicted octanol–water partition coefficient (Wildman–Crippen LogP) is -1.20. The zero-order valence-corrected chi connectivity index (χ0v) is 9.50. The Labute approximate surface area is 94.8 Å². The molecule has 0 bridgehead atoms. The molecule has 1 rings (SSSR count). The second-order valence-electron chi connectivity index (χ2n) is 3.59. The lowest BCUT2D eigenvalue weighted by Gasteiger charge is -2.34. The number of aliphatic hydroxyl groups excluding tert-OH is 1. The Hall–Kier alpha value is -0.720. The molecule has 0 unspecified atom stereocenters. The lowest BCUT2D eigenvalue weighted by molar-refractivity contribution is -0.131. The summed E-state index contributed by atoms with van der Waals surface area (Å²) in [6.45, 7) is 3.86. The van der Waals surface area contributed by atoms with E-state index in [1.807, 2.05) is 0 Å². The highest BCUT2D eigenvalue weighted by atomic mass is 32.1. The van der Waals surface area contributed by atoms with Crippen LogP contribution in [-0.2, 0) is 4.79 Å². The normalized spacial score (nSPS) is 17.8. The van der Waals surface area contributed by atoms with Crippen molar-refractivity contribution in [2.24, 2.45) is 5.73 Å². The van der Waals surface area contributed by atoms with Gasteiger partial charge in [-0.1, -0.05) is 12.2 Å². The van der Waals surface area contributed by atoms with Crippen LogP contribution in [0.15, 0.2) is 0 Å². The van der Waals surface area contributed by atoms with Crippen LogP contribution in [-0.4, -0.2) is 65.1 Å². The average Bonchev–Trinajstić information content (AvgIpc) is 2.18. The quantitative estimate of drug-likeness (QED) is 0.595. The molecule has 1 amide bonds. The summed E-state index contributed by atoms with van der Waals surface area (Å²) in [5.74, 6) is 0.00569. The van der Waals surface area contributed by atoms with E-state index >= 15 is 0 Å². The maximum atomic E-state index is 11.6. The van der Waals surface area contributed by atoms with Crippen LogP contribution in [0.25, 0.3) is 0 Å². The molecule has 1 aliphatic heterocycles. The first-order valence-electron chi connectivity index (χ1n) is 5.03. The molecule has 15 heavy (non-hydrogen) atoms. The Morgan fingerprint density at radius 2 is 1.93 bits per heavy atom. The van der Waals surface area contributed by atoms with Gasteiger partial charge in [0.2, 0.25) is 5.91 Å². The van der Waals surface area contributed by atoms with Crippen LogP contribution in [0, 0.1) is 0 Å². The minimum absolute atomic E-state index is 0.00569. The fourth-order valence-electron chi connectivity index (χ4n) is 1.62. The number of amides is 1. The molecule has 0 atom stereocenters. The molecule has 0 spiro atoms. The number of β-amino-alcohol motifs (C(OH)–C–C–N with tert-alkyl or cyclic N) is 1. The number of aliphatic hydroxyl groups is 1. The molecular weight excluding hydrogens is 214 g/mol. The highest BCUT2D eigenvalue weighted by molar-refractivity contribution is 7.80. The van der Waals surface area contributed by atoms with Crippen LogP contribution >= 0.6 is 12.2 Å². The summed E-state index contributed by atoms with van der Waals surface area (Å²) < 4.78 is 0. The highest BCUT2D eigenvalue weighted by Crippen LogP contribution is 2.03. The third kappa shape index (κ3) is 4.11. The van der Waals surface area contributed by atoms with E-state index in [0.29, 0.717) is 19.6 Å². The van der Waals surface area contributed by atoms with Crippen molar-refractivity contribution in [1.29, 1.82) is 0 Å². The molecule has 0 aromatic rings. The number of hydrogen-bond donors (Lipinski definition) is 2. The Balaban J connectivity index is 2.30. The van der Waals surface area contributed by atoms with Gasteiger partial charge in [-0.25, -0.2) is 0 Å². The van der Waals surface area contributed by atoms with Gasteiger partial charge in [0, 0.05) is 32.7 Å². The van der Waals surface area contributed by atoms with Gasteiger partial charge in [0.25, 0.3) is 0 Å². The molecule has 3 N–H and O–H groups in total. The van der Waals surface area contributed by atoms with E-state index in [4.69, 9.17) is 23.1 Å². The van der Waals surface area contributed by atoms with E-state index in [2.05, 4.69) is 4.90 Å². The van der Waals surface area contributed by atoms with E-state index < -0.39 is 0 Å².